The molecule has 0 saturated carbocycles. The van der Waals surface area contributed by atoms with E-state index in [2.05, 4.69) is 0 Å². The summed E-state index contributed by atoms with van der Waals surface area (Å²) in [6.07, 6.45) is 0. The van der Waals surface area contributed by atoms with Gasteiger partial charge in [-0.15, -0.1) is 0 Å². The molecule has 0 radical (unpaired) electrons. The fourth-order valence-electron chi connectivity index (χ4n) is 3.86. The minimum absolute atomic E-state index is 0.0141. The van der Waals surface area contributed by atoms with Crippen LogP contribution in [-0.4, -0.2) is 15.1 Å². The molecule has 5 aromatic rings. The SMILES string of the molecule is O=[N+]([O-])c1c2ccc(O)cc2c2ccc3ccc(O)c4ccc1c2c34. The Bertz CT molecular complexity index is 1340. The monoisotopic (exact) mass is 329 g/mol. The molecule has 2 N–H and O–H groups in total. The Morgan fingerprint density at radius 3 is 2.20 bits per heavy atom. The maximum Gasteiger partial charge on any atom is 0.285 e. The van der Waals surface area contributed by atoms with Crippen molar-refractivity contribution >= 4 is 48.8 Å². The van der Waals surface area contributed by atoms with Gasteiger partial charge in [-0.3, -0.25) is 10.1 Å². The number of nitro groups is 1. The van der Waals surface area contributed by atoms with Crippen molar-refractivity contribution in [1.29, 1.82) is 0 Å². The van der Waals surface area contributed by atoms with Crippen molar-refractivity contribution in [3.05, 3.63) is 64.7 Å². The minimum Gasteiger partial charge on any atom is -0.508 e. The van der Waals surface area contributed by atoms with Gasteiger partial charge in [0.05, 0.1) is 15.7 Å². The number of rotatable bonds is 1. The largest absolute Gasteiger partial charge is 0.508 e. The number of nitrogens with zero attached hydrogens (tertiary/aromatic N) is 1. The first-order valence-corrected chi connectivity index (χ1v) is 7.76. The minimum atomic E-state index is -0.384. The molecule has 120 valence electrons. The third-order valence-corrected chi connectivity index (χ3v) is 4.88. The highest BCUT2D eigenvalue weighted by atomic mass is 16.6. The maximum atomic E-state index is 11.8. The van der Waals surface area contributed by atoms with Crippen molar-refractivity contribution in [2.45, 2.75) is 0 Å². The zero-order valence-electron chi connectivity index (χ0n) is 12.9. The smallest absolute Gasteiger partial charge is 0.285 e. The van der Waals surface area contributed by atoms with Crippen LogP contribution in [0.3, 0.4) is 0 Å². The molecule has 0 amide bonds. The van der Waals surface area contributed by atoms with E-state index in [9.17, 15) is 20.3 Å². The molecule has 25 heavy (non-hydrogen) atoms. The van der Waals surface area contributed by atoms with Crippen LogP contribution in [-0.2, 0) is 0 Å². The third kappa shape index (κ3) is 1.67. The van der Waals surface area contributed by atoms with Gasteiger partial charge in [0.1, 0.15) is 11.5 Å². The van der Waals surface area contributed by atoms with Gasteiger partial charge in [-0.1, -0.05) is 18.2 Å². The third-order valence-electron chi connectivity index (χ3n) is 4.88. The Kier molecular flexibility index (Phi) is 2.47. The van der Waals surface area contributed by atoms with Gasteiger partial charge in [0.15, 0.2) is 0 Å². The summed E-state index contributed by atoms with van der Waals surface area (Å²) in [7, 11) is 0. The number of hydrogen-bond donors (Lipinski definition) is 2. The molecule has 0 aliphatic rings. The molecule has 0 atom stereocenters. The zero-order chi connectivity index (χ0) is 17.3. The van der Waals surface area contributed by atoms with E-state index in [1.54, 1.807) is 36.4 Å². The highest BCUT2D eigenvalue weighted by Gasteiger charge is 2.23. The van der Waals surface area contributed by atoms with E-state index in [0.29, 0.717) is 21.5 Å². The molecule has 0 aromatic heterocycles. The summed E-state index contributed by atoms with van der Waals surface area (Å²) in [6, 6.07) is 15.3. The topological polar surface area (TPSA) is 83.6 Å². The molecule has 0 unspecified atom stereocenters. The fourth-order valence-corrected chi connectivity index (χ4v) is 3.86. The molecule has 0 aliphatic carbocycles. The van der Waals surface area contributed by atoms with Crippen molar-refractivity contribution in [2.24, 2.45) is 0 Å². The summed E-state index contributed by atoms with van der Waals surface area (Å²) >= 11 is 0. The van der Waals surface area contributed by atoms with Crippen molar-refractivity contribution in [3.8, 4) is 11.5 Å². The molecule has 0 bridgehead atoms. The van der Waals surface area contributed by atoms with Crippen LogP contribution in [0.2, 0.25) is 0 Å². The van der Waals surface area contributed by atoms with E-state index in [-0.39, 0.29) is 22.1 Å². The van der Waals surface area contributed by atoms with Crippen LogP contribution >= 0.6 is 0 Å². The van der Waals surface area contributed by atoms with Crippen LogP contribution in [0.5, 0.6) is 11.5 Å². The zero-order valence-corrected chi connectivity index (χ0v) is 12.9. The van der Waals surface area contributed by atoms with Gasteiger partial charge in [-0.2, -0.15) is 0 Å². The van der Waals surface area contributed by atoms with Crippen LogP contribution in [0, 0.1) is 10.1 Å². The van der Waals surface area contributed by atoms with Crippen molar-refractivity contribution in [1.82, 2.24) is 0 Å². The lowest BCUT2D eigenvalue weighted by Gasteiger charge is -2.14. The van der Waals surface area contributed by atoms with Crippen LogP contribution in [0.4, 0.5) is 5.69 Å². The predicted molar refractivity (Wildman–Crippen MR) is 97.6 cm³/mol. The van der Waals surface area contributed by atoms with Crippen LogP contribution in [0.1, 0.15) is 0 Å². The molecule has 0 aliphatic heterocycles. The second-order valence-corrected chi connectivity index (χ2v) is 6.17. The maximum absolute atomic E-state index is 11.8. The average Bonchev–Trinajstić information content (AvgIpc) is 2.60. The van der Waals surface area contributed by atoms with E-state index in [0.717, 1.165) is 21.5 Å². The van der Waals surface area contributed by atoms with Gasteiger partial charge in [0, 0.05) is 21.5 Å². The normalized spacial score (nSPS) is 11.8. The van der Waals surface area contributed by atoms with Gasteiger partial charge in [0.25, 0.3) is 5.69 Å². The summed E-state index contributed by atoms with van der Waals surface area (Å²) in [5.41, 5.74) is 0.0141. The summed E-state index contributed by atoms with van der Waals surface area (Å²) < 4.78 is 0. The molecule has 5 rings (SSSR count). The fraction of sp³-hybridized carbons (Fsp3) is 0. The lowest BCUT2D eigenvalue weighted by Crippen LogP contribution is -1.94. The lowest BCUT2D eigenvalue weighted by molar-refractivity contribution is -0.381. The van der Waals surface area contributed by atoms with E-state index < -0.39 is 0 Å². The molecule has 5 heteroatoms. The summed E-state index contributed by atoms with van der Waals surface area (Å²) in [6.45, 7) is 0. The molecule has 0 spiro atoms. The first kappa shape index (κ1) is 13.8. The summed E-state index contributed by atoms with van der Waals surface area (Å²) in [5.74, 6) is 0.195. The number of benzene rings is 5. The molecule has 5 nitrogen and oxygen atoms in total. The van der Waals surface area contributed by atoms with Gasteiger partial charge in [-0.05, 0) is 47.2 Å². The lowest BCUT2D eigenvalue weighted by atomic mass is 9.89. The summed E-state index contributed by atoms with van der Waals surface area (Å²) in [4.78, 5) is 11.4. The standard InChI is InChI=1S/C20H11NO4/c22-11-3-5-13-16(9-11)12-4-1-10-2-8-17(23)14-6-7-15(19(12)18(10)14)20(13)21(24)25/h1-9,22-23H. The molecular formula is C20H11NO4. The Morgan fingerprint density at radius 2 is 1.40 bits per heavy atom. The number of aromatic hydroxyl groups is 2. The molecule has 5 aromatic carbocycles. The van der Waals surface area contributed by atoms with Crippen LogP contribution in [0.25, 0.3) is 43.1 Å². The first-order chi connectivity index (χ1) is 12.1. The van der Waals surface area contributed by atoms with E-state index >= 15 is 0 Å². The Morgan fingerprint density at radius 1 is 0.720 bits per heavy atom. The Hall–Kier alpha value is -3.60. The van der Waals surface area contributed by atoms with E-state index in [4.69, 9.17) is 0 Å². The van der Waals surface area contributed by atoms with Crippen molar-refractivity contribution in [3.63, 3.8) is 0 Å². The van der Waals surface area contributed by atoms with E-state index in [1.807, 2.05) is 12.1 Å². The molecule has 0 saturated heterocycles. The van der Waals surface area contributed by atoms with Gasteiger partial charge in [-0.25, -0.2) is 0 Å². The number of fused-ring (bicyclic) bond motifs is 2. The van der Waals surface area contributed by atoms with Gasteiger partial charge in [0.2, 0.25) is 0 Å². The number of phenolic OH excluding ortho intramolecular Hbond substituents is 2. The number of hydrogen-bond acceptors (Lipinski definition) is 4. The quantitative estimate of drug-likeness (QED) is 0.195. The van der Waals surface area contributed by atoms with Crippen LogP contribution < -0.4 is 0 Å². The predicted octanol–water partition coefficient (Wildman–Crippen LogP) is 5.06. The molecule has 0 fully saturated rings. The van der Waals surface area contributed by atoms with Crippen molar-refractivity contribution < 1.29 is 15.1 Å². The molecule has 0 heterocycles. The van der Waals surface area contributed by atoms with Gasteiger partial charge < -0.3 is 10.2 Å². The highest BCUT2D eigenvalue weighted by Crippen LogP contribution is 2.46. The van der Waals surface area contributed by atoms with Crippen LogP contribution in [0.15, 0.2) is 54.6 Å². The number of nitro benzene ring substituents is 1. The first-order valence-electron chi connectivity index (χ1n) is 7.76. The van der Waals surface area contributed by atoms with E-state index in [1.165, 1.54) is 6.07 Å². The number of phenols is 2. The summed E-state index contributed by atoms with van der Waals surface area (Å²) in [5, 5.41) is 37.4. The second kappa shape index (κ2) is 4.48. The molecular weight excluding hydrogens is 318 g/mol. The Labute approximate surface area is 140 Å². The van der Waals surface area contributed by atoms with Crippen molar-refractivity contribution in [2.75, 3.05) is 0 Å². The second-order valence-electron chi connectivity index (χ2n) is 6.17. The highest BCUT2D eigenvalue weighted by molar-refractivity contribution is 6.32. The average molecular weight is 329 g/mol. The Balaban J connectivity index is 2.22. The van der Waals surface area contributed by atoms with Gasteiger partial charge >= 0.3 is 0 Å². The number of non-ortho nitro benzene ring substituents is 1.